The maximum absolute atomic E-state index is 13.7. The number of rotatable bonds is 3. The molecule has 1 aromatic heterocycles. The van der Waals surface area contributed by atoms with Crippen LogP contribution in [0.2, 0.25) is 0 Å². The van der Waals surface area contributed by atoms with E-state index in [1.807, 2.05) is 11.0 Å². The molecule has 0 amide bonds. The molecule has 2 N–H and O–H groups in total. The number of benzene rings is 1. The molecule has 1 aliphatic heterocycles. The van der Waals surface area contributed by atoms with Crippen LogP contribution in [-0.4, -0.2) is 24.2 Å². The fourth-order valence-electron chi connectivity index (χ4n) is 2.71. The Morgan fingerprint density at radius 1 is 1.21 bits per heavy atom. The Morgan fingerprint density at radius 2 is 1.96 bits per heavy atom. The minimum absolute atomic E-state index is 0.0546. The summed E-state index contributed by atoms with van der Waals surface area (Å²) in [5, 5.41) is 8.95. The average molecular weight is 330 g/mol. The van der Waals surface area contributed by atoms with Gasteiger partial charge in [0.15, 0.2) is 17.4 Å². The van der Waals surface area contributed by atoms with Crippen LogP contribution in [0.3, 0.4) is 0 Å². The van der Waals surface area contributed by atoms with Gasteiger partial charge < -0.3 is 15.4 Å². The lowest BCUT2D eigenvalue weighted by Crippen LogP contribution is -2.39. The lowest BCUT2D eigenvalue weighted by molar-refractivity contribution is 0.163. The van der Waals surface area contributed by atoms with Crippen LogP contribution in [0.4, 0.5) is 20.3 Å². The molecular weight excluding hydrogens is 314 g/mol. The fraction of sp³-hybridized carbons (Fsp3) is 0.294. The molecule has 0 radical (unpaired) electrons. The van der Waals surface area contributed by atoms with Crippen molar-refractivity contribution in [1.82, 2.24) is 4.98 Å². The summed E-state index contributed by atoms with van der Waals surface area (Å²) < 4.78 is 32.2. The summed E-state index contributed by atoms with van der Waals surface area (Å²) in [6.45, 7) is 1.25. The van der Waals surface area contributed by atoms with Gasteiger partial charge in [-0.15, -0.1) is 0 Å². The molecule has 0 atom stereocenters. The van der Waals surface area contributed by atoms with Crippen LogP contribution < -0.4 is 15.4 Å². The van der Waals surface area contributed by atoms with Gasteiger partial charge in [-0.3, -0.25) is 0 Å². The summed E-state index contributed by atoms with van der Waals surface area (Å²) in [7, 11) is 0. The third kappa shape index (κ3) is 3.38. The van der Waals surface area contributed by atoms with Crippen molar-refractivity contribution in [2.45, 2.75) is 18.9 Å². The van der Waals surface area contributed by atoms with E-state index >= 15 is 0 Å². The van der Waals surface area contributed by atoms with Crippen molar-refractivity contribution < 1.29 is 13.5 Å². The molecule has 7 heteroatoms. The number of halogens is 2. The van der Waals surface area contributed by atoms with Crippen molar-refractivity contribution in [2.24, 2.45) is 0 Å². The predicted molar refractivity (Wildman–Crippen MR) is 85.6 cm³/mol. The van der Waals surface area contributed by atoms with Gasteiger partial charge >= 0.3 is 0 Å². The number of nitrogens with two attached hydrogens (primary N) is 1. The Bertz CT molecular complexity index is 783. The number of nitrogen functional groups attached to an aromatic ring is 1. The van der Waals surface area contributed by atoms with Gasteiger partial charge in [0.05, 0.1) is 5.69 Å². The number of pyridine rings is 1. The summed E-state index contributed by atoms with van der Waals surface area (Å²) in [5.74, 6) is -0.696. The number of hydrogen-bond donors (Lipinski definition) is 1. The third-order valence-corrected chi connectivity index (χ3v) is 3.95. The van der Waals surface area contributed by atoms with Crippen molar-refractivity contribution in [2.75, 3.05) is 23.7 Å². The van der Waals surface area contributed by atoms with Gasteiger partial charge in [0.25, 0.3) is 0 Å². The standard InChI is InChI=1S/C17H16F2N4O/c18-11-1-4-16(14(19)9-11)24-13-5-7-23(8-6-13)17-15(21)3-2-12(10-20)22-17/h1-4,9,13H,5-8,21H2. The molecule has 1 aromatic carbocycles. The van der Waals surface area contributed by atoms with Gasteiger partial charge in [-0.05, 0) is 24.3 Å². The molecule has 2 heterocycles. The van der Waals surface area contributed by atoms with Gasteiger partial charge in [-0.25, -0.2) is 13.8 Å². The van der Waals surface area contributed by atoms with Gasteiger partial charge in [-0.2, -0.15) is 5.26 Å². The van der Waals surface area contributed by atoms with Gasteiger partial charge in [-0.1, -0.05) is 0 Å². The van der Waals surface area contributed by atoms with Crippen molar-refractivity contribution in [3.05, 3.63) is 47.7 Å². The summed E-state index contributed by atoms with van der Waals surface area (Å²) in [6, 6.07) is 8.51. The van der Waals surface area contributed by atoms with Crippen LogP contribution >= 0.6 is 0 Å². The number of piperidine rings is 1. The molecule has 0 saturated carbocycles. The fourth-order valence-corrected chi connectivity index (χ4v) is 2.71. The first-order valence-electron chi connectivity index (χ1n) is 7.60. The molecule has 124 valence electrons. The largest absolute Gasteiger partial charge is 0.487 e. The highest BCUT2D eigenvalue weighted by Crippen LogP contribution is 2.27. The average Bonchev–Trinajstić information content (AvgIpc) is 2.59. The second-order valence-electron chi connectivity index (χ2n) is 5.60. The molecule has 0 bridgehead atoms. The highest BCUT2D eigenvalue weighted by Gasteiger charge is 2.24. The summed E-state index contributed by atoms with van der Waals surface area (Å²) in [5.41, 5.74) is 6.76. The highest BCUT2D eigenvalue weighted by molar-refractivity contribution is 5.63. The third-order valence-electron chi connectivity index (χ3n) is 3.95. The quantitative estimate of drug-likeness (QED) is 0.936. The monoisotopic (exact) mass is 330 g/mol. The second kappa shape index (κ2) is 6.71. The summed E-state index contributed by atoms with van der Waals surface area (Å²) >= 11 is 0. The van der Waals surface area contributed by atoms with E-state index in [1.165, 1.54) is 12.1 Å². The molecule has 2 aromatic rings. The number of hydrogen-bond acceptors (Lipinski definition) is 5. The van der Waals surface area contributed by atoms with Gasteiger partial charge in [0.1, 0.15) is 23.7 Å². The molecule has 3 rings (SSSR count). The zero-order valence-electron chi connectivity index (χ0n) is 12.9. The first-order valence-corrected chi connectivity index (χ1v) is 7.60. The van der Waals surface area contributed by atoms with Crippen molar-refractivity contribution in [1.29, 1.82) is 5.26 Å². The van der Waals surface area contributed by atoms with E-state index in [0.29, 0.717) is 43.1 Å². The first kappa shape index (κ1) is 16.0. The maximum atomic E-state index is 13.7. The normalized spacial score (nSPS) is 15.1. The number of anilines is 2. The van der Waals surface area contributed by atoms with E-state index in [-0.39, 0.29) is 11.9 Å². The van der Waals surface area contributed by atoms with E-state index in [9.17, 15) is 8.78 Å². The predicted octanol–water partition coefficient (Wildman–Crippen LogP) is 2.86. The van der Waals surface area contributed by atoms with Crippen molar-refractivity contribution in [3.8, 4) is 11.8 Å². The zero-order valence-corrected chi connectivity index (χ0v) is 12.9. The first-order chi connectivity index (χ1) is 11.6. The smallest absolute Gasteiger partial charge is 0.167 e. The van der Waals surface area contributed by atoms with Crippen LogP contribution in [0.15, 0.2) is 30.3 Å². The number of nitriles is 1. The Balaban J connectivity index is 1.65. The van der Waals surface area contributed by atoms with E-state index in [2.05, 4.69) is 4.98 Å². The van der Waals surface area contributed by atoms with Gasteiger partial charge in [0, 0.05) is 32.0 Å². The van der Waals surface area contributed by atoms with Crippen LogP contribution in [0.25, 0.3) is 0 Å². The van der Waals surface area contributed by atoms with Crippen LogP contribution in [0, 0.1) is 23.0 Å². The molecule has 0 aliphatic carbocycles. The molecule has 0 spiro atoms. The van der Waals surface area contributed by atoms with E-state index in [4.69, 9.17) is 15.7 Å². The molecular formula is C17H16F2N4O. The Hall–Kier alpha value is -2.88. The van der Waals surface area contributed by atoms with Crippen LogP contribution in [0.5, 0.6) is 5.75 Å². The number of aromatic nitrogens is 1. The molecule has 24 heavy (non-hydrogen) atoms. The van der Waals surface area contributed by atoms with Crippen molar-refractivity contribution in [3.63, 3.8) is 0 Å². The molecule has 0 unspecified atom stereocenters. The Labute approximate surface area is 138 Å². The number of nitrogens with zero attached hydrogens (tertiary/aromatic N) is 3. The molecule has 1 saturated heterocycles. The SMILES string of the molecule is N#Cc1ccc(N)c(N2CCC(Oc3ccc(F)cc3F)CC2)n1. The van der Waals surface area contributed by atoms with E-state index in [0.717, 1.165) is 6.07 Å². The topological polar surface area (TPSA) is 75.2 Å². The minimum atomic E-state index is -0.704. The number of ether oxygens (including phenoxy) is 1. The molecule has 1 fully saturated rings. The van der Waals surface area contributed by atoms with Crippen LogP contribution in [-0.2, 0) is 0 Å². The van der Waals surface area contributed by atoms with Crippen LogP contribution in [0.1, 0.15) is 18.5 Å². The maximum Gasteiger partial charge on any atom is 0.167 e. The van der Waals surface area contributed by atoms with E-state index in [1.54, 1.807) is 12.1 Å². The lowest BCUT2D eigenvalue weighted by atomic mass is 10.1. The van der Waals surface area contributed by atoms with Crippen molar-refractivity contribution >= 4 is 11.5 Å². The Kier molecular flexibility index (Phi) is 4.47. The second-order valence-corrected chi connectivity index (χ2v) is 5.60. The molecule has 1 aliphatic rings. The molecule has 5 nitrogen and oxygen atoms in total. The summed E-state index contributed by atoms with van der Waals surface area (Å²) in [6.07, 6.45) is 1.13. The Morgan fingerprint density at radius 3 is 2.62 bits per heavy atom. The van der Waals surface area contributed by atoms with Gasteiger partial charge in [0.2, 0.25) is 0 Å². The minimum Gasteiger partial charge on any atom is -0.487 e. The summed E-state index contributed by atoms with van der Waals surface area (Å²) in [4.78, 5) is 6.23. The lowest BCUT2D eigenvalue weighted by Gasteiger charge is -2.33. The zero-order chi connectivity index (χ0) is 17.1. The highest BCUT2D eigenvalue weighted by atomic mass is 19.1. The van der Waals surface area contributed by atoms with E-state index < -0.39 is 11.6 Å².